The van der Waals surface area contributed by atoms with Crippen molar-refractivity contribution < 1.29 is 4.79 Å². The maximum atomic E-state index is 12.4. The Morgan fingerprint density at radius 1 is 1.22 bits per heavy atom. The largest absolute Gasteiger partial charge is 0.363 e. The molecule has 8 heteroatoms. The number of pyridine rings is 1. The van der Waals surface area contributed by atoms with Crippen molar-refractivity contribution in [3.8, 4) is 11.1 Å². The van der Waals surface area contributed by atoms with Crippen LogP contribution in [-0.2, 0) is 11.3 Å². The standard InChI is InChI=1S/C24H30N6O.ClH/c1-16-7-8-26-24(11-16)28-22-12-17(2)30(18(3)31)23-6-5-19(13-21(22)23)20-14-27-29(15-20)10-9-25-4;/h5-8,11,13-15,17,22,25H,9-10,12H2,1-4H3,(H,26,28);1H/t17-,22+;/m0./s1. The van der Waals surface area contributed by atoms with Gasteiger partial charge in [-0.05, 0) is 68.3 Å². The molecule has 4 rings (SSSR count). The van der Waals surface area contributed by atoms with Crippen molar-refractivity contribution in [2.24, 2.45) is 0 Å². The van der Waals surface area contributed by atoms with Gasteiger partial charge in [0.2, 0.25) is 5.91 Å². The molecule has 0 saturated carbocycles. The van der Waals surface area contributed by atoms with Crippen LogP contribution in [0.25, 0.3) is 11.1 Å². The van der Waals surface area contributed by atoms with Gasteiger partial charge in [0.05, 0.1) is 18.8 Å². The van der Waals surface area contributed by atoms with Gasteiger partial charge < -0.3 is 15.5 Å². The number of fused-ring (bicyclic) bond motifs is 1. The summed E-state index contributed by atoms with van der Waals surface area (Å²) in [6, 6.07) is 10.5. The molecule has 0 unspecified atom stereocenters. The van der Waals surface area contributed by atoms with Gasteiger partial charge in [-0.3, -0.25) is 9.48 Å². The van der Waals surface area contributed by atoms with Crippen molar-refractivity contribution in [3.05, 3.63) is 60.0 Å². The van der Waals surface area contributed by atoms with E-state index in [1.54, 1.807) is 6.92 Å². The number of hydrogen-bond donors (Lipinski definition) is 2. The molecule has 0 spiro atoms. The van der Waals surface area contributed by atoms with E-state index in [0.717, 1.165) is 53.3 Å². The fraction of sp³-hybridized carbons (Fsp3) is 0.375. The summed E-state index contributed by atoms with van der Waals surface area (Å²) in [5.41, 5.74) is 5.39. The van der Waals surface area contributed by atoms with Gasteiger partial charge in [0.1, 0.15) is 5.82 Å². The zero-order valence-electron chi connectivity index (χ0n) is 19.0. The molecule has 1 aliphatic heterocycles. The van der Waals surface area contributed by atoms with E-state index in [9.17, 15) is 4.79 Å². The second-order valence-corrected chi connectivity index (χ2v) is 8.26. The maximum absolute atomic E-state index is 12.4. The van der Waals surface area contributed by atoms with Crippen molar-refractivity contribution >= 4 is 29.8 Å². The Hall–Kier alpha value is -2.90. The fourth-order valence-corrected chi connectivity index (χ4v) is 4.32. The quantitative estimate of drug-likeness (QED) is 0.584. The highest BCUT2D eigenvalue weighted by atomic mass is 35.5. The van der Waals surface area contributed by atoms with Crippen molar-refractivity contribution in [2.75, 3.05) is 23.8 Å². The summed E-state index contributed by atoms with van der Waals surface area (Å²) in [7, 11) is 1.94. The van der Waals surface area contributed by atoms with Crippen LogP contribution in [0.3, 0.4) is 0 Å². The molecule has 1 aromatic carbocycles. The van der Waals surface area contributed by atoms with Gasteiger partial charge in [0.15, 0.2) is 0 Å². The molecule has 0 aliphatic carbocycles. The van der Waals surface area contributed by atoms with Crippen molar-refractivity contribution in [3.63, 3.8) is 0 Å². The number of aryl methyl sites for hydroxylation is 1. The van der Waals surface area contributed by atoms with Crippen LogP contribution >= 0.6 is 12.4 Å². The molecule has 0 fully saturated rings. The predicted molar refractivity (Wildman–Crippen MR) is 131 cm³/mol. The first-order chi connectivity index (χ1) is 15.0. The van der Waals surface area contributed by atoms with Crippen LogP contribution < -0.4 is 15.5 Å². The van der Waals surface area contributed by atoms with Gasteiger partial charge in [-0.15, -0.1) is 12.4 Å². The number of nitrogens with zero attached hydrogens (tertiary/aromatic N) is 4. The molecule has 0 saturated heterocycles. The summed E-state index contributed by atoms with van der Waals surface area (Å²) in [4.78, 5) is 18.8. The number of carbonyl (C=O) groups is 1. The van der Waals surface area contributed by atoms with E-state index >= 15 is 0 Å². The highest BCUT2D eigenvalue weighted by Crippen LogP contribution is 2.41. The zero-order valence-corrected chi connectivity index (χ0v) is 19.8. The Morgan fingerprint density at radius 2 is 2.03 bits per heavy atom. The molecule has 7 nitrogen and oxygen atoms in total. The van der Waals surface area contributed by atoms with Gasteiger partial charge in [0, 0.05) is 43.2 Å². The number of carbonyl (C=O) groups excluding carboxylic acids is 1. The summed E-state index contributed by atoms with van der Waals surface area (Å²) < 4.78 is 1.95. The number of hydrogen-bond acceptors (Lipinski definition) is 5. The molecule has 1 amide bonds. The summed E-state index contributed by atoms with van der Waals surface area (Å²) in [5, 5.41) is 11.2. The van der Waals surface area contributed by atoms with Gasteiger partial charge >= 0.3 is 0 Å². The lowest BCUT2D eigenvalue weighted by atomic mass is 9.89. The number of anilines is 2. The number of amides is 1. The third-order valence-corrected chi connectivity index (χ3v) is 5.81. The van der Waals surface area contributed by atoms with Crippen molar-refractivity contribution in [2.45, 2.75) is 45.8 Å². The summed E-state index contributed by atoms with van der Waals surface area (Å²) >= 11 is 0. The van der Waals surface area contributed by atoms with Crippen LogP contribution in [0.4, 0.5) is 11.5 Å². The molecule has 32 heavy (non-hydrogen) atoms. The monoisotopic (exact) mass is 454 g/mol. The average molecular weight is 455 g/mol. The Labute approximate surface area is 195 Å². The minimum absolute atomic E-state index is 0. The minimum Gasteiger partial charge on any atom is -0.363 e. The number of nitrogens with one attached hydrogen (secondary N) is 2. The first-order valence-electron chi connectivity index (χ1n) is 10.8. The van der Waals surface area contributed by atoms with Crippen LogP contribution in [0.5, 0.6) is 0 Å². The van der Waals surface area contributed by atoms with E-state index in [1.807, 2.05) is 35.1 Å². The lowest BCUT2D eigenvalue weighted by molar-refractivity contribution is -0.117. The molecule has 2 N–H and O–H groups in total. The number of aromatic nitrogens is 3. The lowest BCUT2D eigenvalue weighted by Gasteiger charge is -2.39. The van der Waals surface area contributed by atoms with E-state index in [4.69, 9.17) is 0 Å². The number of benzene rings is 1. The average Bonchev–Trinajstić information content (AvgIpc) is 3.21. The Bertz CT molecular complexity index is 1080. The lowest BCUT2D eigenvalue weighted by Crippen LogP contribution is -2.43. The number of likely N-dealkylation sites (N-methyl/N-ethyl adjacent to an activating group) is 1. The molecule has 1 aliphatic rings. The maximum Gasteiger partial charge on any atom is 0.224 e. The minimum atomic E-state index is 0. The smallest absolute Gasteiger partial charge is 0.224 e. The van der Waals surface area contributed by atoms with Crippen LogP contribution in [0.15, 0.2) is 48.9 Å². The van der Waals surface area contributed by atoms with Crippen LogP contribution in [0.1, 0.15) is 37.4 Å². The number of halogens is 1. The summed E-state index contributed by atoms with van der Waals surface area (Å²) in [6.45, 7) is 7.48. The van der Waals surface area contributed by atoms with E-state index in [1.165, 1.54) is 0 Å². The van der Waals surface area contributed by atoms with Crippen molar-refractivity contribution in [1.29, 1.82) is 0 Å². The molecular weight excluding hydrogens is 424 g/mol. The van der Waals surface area contributed by atoms with Gasteiger partial charge in [0.25, 0.3) is 0 Å². The number of rotatable bonds is 6. The molecule has 3 aromatic rings. The Morgan fingerprint density at radius 3 is 2.75 bits per heavy atom. The molecule has 0 radical (unpaired) electrons. The molecule has 3 heterocycles. The van der Waals surface area contributed by atoms with Crippen LogP contribution in [0, 0.1) is 6.92 Å². The molecule has 2 aromatic heterocycles. The second-order valence-electron chi connectivity index (χ2n) is 8.26. The summed E-state index contributed by atoms with van der Waals surface area (Å²) in [6.07, 6.45) is 6.60. The van der Waals surface area contributed by atoms with Crippen molar-refractivity contribution in [1.82, 2.24) is 20.1 Å². The highest BCUT2D eigenvalue weighted by Gasteiger charge is 2.32. The predicted octanol–water partition coefficient (Wildman–Crippen LogP) is 4.19. The van der Waals surface area contributed by atoms with Gasteiger partial charge in [-0.2, -0.15) is 5.10 Å². The SMILES string of the molecule is CNCCn1cc(-c2ccc3c(c2)[C@H](Nc2cc(C)ccn2)C[C@H](C)N3C(C)=O)cn1.Cl. The van der Waals surface area contributed by atoms with E-state index < -0.39 is 0 Å². The third-order valence-electron chi connectivity index (χ3n) is 5.81. The first kappa shape index (κ1) is 23.8. The van der Waals surface area contributed by atoms with Gasteiger partial charge in [-0.25, -0.2) is 4.98 Å². The van der Waals surface area contributed by atoms with E-state index in [2.05, 4.69) is 65.0 Å². The van der Waals surface area contributed by atoms with Gasteiger partial charge in [-0.1, -0.05) is 6.07 Å². The molecular formula is C24H31ClN6O. The topological polar surface area (TPSA) is 75.1 Å². The normalized spacial score (nSPS) is 17.4. The van der Waals surface area contributed by atoms with E-state index in [0.29, 0.717) is 0 Å². The third kappa shape index (κ3) is 4.95. The second kappa shape index (κ2) is 10.1. The highest BCUT2D eigenvalue weighted by molar-refractivity contribution is 5.94. The zero-order chi connectivity index (χ0) is 22.0. The Kier molecular flexibility index (Phi) is 7.53. The molecule has 2 atom stereocenters. The van der Waals surface area contributed by atoms with Crippen LogP contribution in [0.2, 0.25) is 0 Å². The Balaban J connectivity index is 0.00000289. The molecule has 170 valence electrons. The van der Waals surface area contributed by atoms with E-state index in [-0.39, 0.29) is 30.4 Å². The van der Waals surface area contributed by atoms with Crippen LogP contribution in [-0.4, -0.2) is 40.3 Å². The first-order valence-corrected chi connectivity index (χ1v) is 10.8. The molecule has 0 bridgehead atoms. The summed E-state index contributed by atoms with van der Waals surface area (Å²) in [5.74, 6) is 0.915. The fourth-order valence-electron chi connectivity index (χ4n) is 4.32.